The largest absolute Gasteiger partial charge is 2.00 e. The summed E-state index contributed by atoms with van der Waals surface area (Å²) in [6.07, 6.45) is 0. The van der Waals surface area contributed by atoms with Crippen molar-refractivity contribution in [3.8, 4) is 0 Å². The van der Waals surface area contributed by atoms with Crippen molar-refractivity contribution in [3.63, 3.8) is 0 Å². The molecular weight excluding hydrogens is 229 g/mol. The Morgan fingerprint density at radius 3 is 1.00 bits per heavy atom. The van der Waals surface area contributed by atoms with Crippen molar-refractivity contribution < 1.29 is 67.6 Å². The van der Waals surface area contributed by atoms with Gasteiger partial charge in [-0.15, -0.1) is 0 Å². The minimum absolute atomic E-state index is 0. The molecular formula is CrCuO3Zn+. The average Bonchev–Trinajstić information content (AvgIpc) is 1.00. The minimum Gasteiger partial charge on any atom is 2.00 e. The predicted octanol–water partition coefficient (Wildman–Crippen LogP) is -0.364. The standard InChI is InChI=1S/Cr.Cu.3O.Zn/q+3;;;2*-2;+2. The first-order valence-electron chi connectivity index (χ1n) is 0.123. The first kappa shape index (κ1) is 52.7. The van der Waals surface area contributed by atoms with Crippen LogP contribution in [0, 0.1) is 0 Å². The molecule has 6 heteroatoms. The fourth-order valence-corrected chi connectivity index (χ4v) is 0. The number of hydrogen-bond donors (Lipinski definition) is 0. The molecule has 0 rings (SSSR count). The summed E-state index contributed by atoms with van der Waals surface area (Å²) in [5.74, 6) is 0. The van der Waals surface area contributed by atoms with E-state index in [4.69, 9.17) is 3.83 Å². The molecule has 0 aliphatic carbocycles. The monoisotopic (exact) mass is 227 g/mol. The van der Waals surface area contributed by atoms with Crippen LogP contribution in [0.4, 0.5) is 0 Å². The molecule has 0 saturated heterocycles. The van der Waals surface area contributed by atoms with Crippen molar-refractivity contribution in [2.45, 2.75) is 0 Å². The topological polar surface area (TPSA) is 74.1 Å². The van der Waals surface area contributed by atoms with Crippen LogP contribution in [0.1, 0.15) is 0 Å². The third-order valence-corrected chi connectivity index (χ3v) is 0. The molecule has 0 bridgehead atoms. The van der Waals surface area contributed by atoms with E-state index in [0.717, 1.165) is 0 Å². The van der Waals surface area contributed by atoms with E-state index in [1.807, 2.05) is 0 Å². The molecule has 0 unspecified atom stereocenters. The maximum atomic E-state index is 7.81. The second-order valence-electron chi connectivity index (χ2n) is 0. The molecule has 6 heavy (non-hydrogen) atoms. The van der Waals surface area contributed by atoms with Crippen LogP contribution in [-0.2, 0) is 67.6 Å². The number of hydrogen-bond acceptors (Lipinski definition) is 1. The summed E-state index contributed by atoms with van der Waals surface area (Å²) in [6, 6.07) is 0. The van der Waals surface area contributed by atoms with Gasteiger partial charge in [0, 0.05) is 0 Å². The van der Waals surface area contributed by atoms with Gasteiger partial charge in [0.05, 0.1) is 0 Å². The zero-order valence-electron chi connectivity index (χ0n) is 2.64. The molecule has 0 fully saturated rings. The minimum atomic E-state index is 0. The fourth-order valence-electron chi connectivity index (χ4n) is 0. The molecule has 0 aromatic heterocycles. The van der Waals surface area contributed by atoms with Gasteiger partial charge in [0.25, 0.3) is 0 Å². The van der Waals surface area contributed by atoms with Crippen LogP contribution >= 0.6 is 0 Å². The van der Waals surface area contributed by atoms with Gasteiger partial charge in [0.1, 0.15) is 0 Å². The summed E-state index contributed by atoms with van der Waals surface area (Å²) in [7, 11) is 0. The number of rotatable bonds is 0. The Kier molecular flexibility index (Phi) is 840. The van der Waals surface area contributed by atoms with E-state index in [0.29, 0.717) is 0 Å². The van der Waals surface area contributed by atoms with Crippen LogP contribution < -0.4 is 0 Å². The van der Waals surface area contributed by atoms with E-state index in [2.05, 4.69) is 15.9 Å². The smallest absolute Gasteiger partial charge is 2.00 e. The molecule has 0 aliphatic rings. The molecule has 0 heterocycles. The van der Waals surface area contributed by atoms with E-state index in [9.17, 15) is 0 Å². The first-order chi connectivity index (χ1) is 1.00. The molecule has 0 atom stereocenters. The zero-order valence-corrected chi connectivity index (χ0v) is 7.83. The molecule has 0 amide bonds. The predicted molar refractivity (Wildman–Crippen MR) is 2.06 cm³/mol. The SMILES string of the molecule is [Cr+3].[O-2].[O-2].[O]=[Cu].[Zn+2]. The summed E-state index contributed by atoms with van der Waals surface area (Å²) in [4.78, 5) is 0. The molecule has 1 radical (unpaired) electrons. The van der Waals surface area contributed by atoms with Gasteiger partial charge in [-0.1, -0.05) is 0 Å². The maximum absolute atomic E-state index is 7.81. The molecule has 36 valence electrons. The summed E-state index contributed by atoms with van der Waals surface area (Å²) < 4.78 is 7.81. The van der Waals surface area contributed by atoms with E-state index >= 15 is 0 Å². The van der Waals surface area contributed by atoms with Gasteiger partial charge in [0.15, 0.2) is 0 Å². The zero-order chi connectivity index (χ0) is 2.00. The van der Waals surface area contributed by atoms with Gasteiger partial charge in [-0.2, -0.15) is 0 Å². The van der Waals surface area contributed by atoms with Gasteiger partial charge < -0.3 is 11.0 Å². The van der Waals surface area contributed by atoms with Crippen molar-refractivity contribution in [1.82, 2.24) is 0 Å². The first-order valence-corrected chi connectivity index (χ1v) is 0.508. The van der Waals surface area contributed by atoms with Crippen molar-refractivity contribution in [2.75, 3.05) is 0 Å². The second kappa shape index (κ2) is 95.6. The van der Waals surface area contributed by atoms with Crippen LogP contribution in [0.3, 0.4) is 0 Å². The average molecular weight is 229 g/mol. The van der Waals surface area contributed by atoms with Crippen molar-refractivity contribution in [2.24, 2.45) is 0 Å². The molecule has 0 aromatic rings. The van der Waals surface area contributed by atoms with E-state index < -0.39 is 0 Å². The Balaban J connectivity index is -0.000000000833. The third kappa shape index (κ3) is 53.5. The van der Waals surface area contributed by atoms with Gasteiger partial charge in [0.2, 0.25) is 0 Å². The fraction of sp³-hybridized carbons (Fsp3) is 0. The van der Waals surface area contributed by atoms with Gasteiger partial charge in [-0.05, 0) is 0 Å². The normalized spacial score (nSPS) is 1.00. The Hall–Kier alpha value is 1.40. The van der Waals surface area contributed by atoms with E-state index in [-0.39, 0.29) is 47.8 Å². The Labute approximate surface area is 67.4 Å². The van der Waals surface area contributed by atoms with Crippen LogP contribution in [0.15, 0.2) is 0 Å². The maximum Gasteiger partial charge on any atom is 2.00 e. The quantitative estimate of drug-likeness (QED) is 0.522. The Morgan fingerprint density at radius 2 is 1.00 bits per heavy atom. The molecule has 0 N–H and O–H groups in total. The van der Waals surface area contributed by atoms with Gasteiger partial charge in [-0.25, -0.2) is 0 Å². The summed E-state index contributed by atoms with van der Waals surface area (Å²) in [5.41, 5.74) is 0. The van der Waals surface area contributed by atoms with Crippen molar-refractivity contribution in [1.29, 1.82) is 0 Å². The summed E-state index contributed by atoms with van der Waals surface area (Å²) in [5, 5.41) is 0. The summed E-state index contributed by atoms with van der Waals surface area (Å²) >= 11 is 2.94. The van der Waals surface area contributed by atoms with Crippen LogP contribution in [0.5, 0.6) is 0 Å². The van der Waals surface area contributed by atoms with Gasteiger partial charge >= 0.3 is 56.6 Å². The van der Waals surface area contributed by atoms with Gasteiger partial charge in [-0.3, -0.25) is 0 Å². The van der Waals surface area contributed by atoms with Crippen molar-refractivity contribution >= 4 is 0 Å². The second-order valence-corrected chi connectivity index (χ2v) is 0. The Morgan fingerprint density at radius 1 is 1.00 bits per heavy atom. The van der Waals surface area contributed by atoms with E-state index in [1.54, 1.807) is 0 Å². The third-order valence-electron chi connectivity index (χ3n) is 0. The van der Waals surface area contributed by atoms with Crippen LogP contribution in [0.25, 0.3) is 0 Å². The molecule has 0 saturated carbocycles. The van der Waals surface area contributed by atoms with Crippen LogP contribution in [0.2, 0.25) is 0 Å². The Bertz CT molecular complexity index is 10.8. The van der Waals surface area contributed by atoms with Crippen molar-refractivity contribution in [3.05, 3.63) is 0 Å². The molecule has 3 nitrogen and oxygen atoms in total. The molecule has 0 spiro atoms. The van der Waals surface area contributed by atoms with E-state index in [1.165, 1.54) is 0 Å². The molecule has 0 aliphatic heterocycles. The summed E-state index contributed by atoms with van der Waals surface area (Å²) in [6.45, 7) is 0. The van der Waals surface area contributed by atoms with Crippen LogP contribution in [-0.4, -0.2) is 0 Å². The molecule has 0 aromatic carbocycles.